The maximum Gasteiger partial charge on any atom is 0.147 e. The summed E-state index contributed by atoms with van der Waals surface area (Å²) in [5.74, 6) is 0. The molecular formula is C54H30O2S. The molecule has 10 aromatic carbocycles. The van der Waals surface area contributed by atoms with E-state index in [-0.39, 0.29) is 0 Å². The maximum atomic E-state index is 6.92. The molecule has 0 amide bonds. The predicted octanol–water partition coefficient (Wildman–Crippen LogP) is 16.3. The first-order valence-electron chi connectivity index (χ1n) is 19.4. The van der Waals surface area contributed by atoms with Gasteiger partial charge in [0.2, 0.25) is 0 Å². The van der Waals surface area contributed by atoms with Crippen molar-refractivity contribution >= 4 is 108 Å². The topological polar surface area (TPSA) is 26.3 Å². The Morgan fingerprint density at radius 1 is 0.333 bits per heavy atom. The van der Waals surface area contributed by atoms with E-state index in [4.69, 9.17) is 8.83 Å². The summed E-state index contributed by atoms with van der Waals surface area (Å²) in [7, 11) is 0. The SMILES string of the molecule is c1ccc(-c2c3ccccc3c(-c3ccc4sc5c(-c6c7ccccc7cc7c6oc6ccc8c9ccccc9oc8c67)cccc5c4c3)c3ccccc23)cc1. The number of benzene rings is 10. The van der Waals surface area contributed by atoms with E-state index in [0.717, 1.165) is 49.4 Å². The second-order valence-corrected chi connectivity index (χ2v) is 16.1. The summed E-state index contributed by atoms with van der Waals surface area (Å²) in [4.78, 5) is 0. The number of hydrogen-bond acceptors (Lipinski definition) is 3. The molecule has 0 spiro atoms. The molecule has 0 atom stereocenters. The molecular weight excluding hydrogens is 713 g/mol. The zero-order valence-electron chi connectivity index (χ0n) is 30.5. The molecule has 0 bridgehead atoms. The van der Waals surface area contributed by atoms with Crippen molar-refractivity contribution in [1.82, 2.24) is 0 Å². The van der Waals surface area contributed by atoms with Crippen molar-refractivity contribution in [3.63, 3.8) is 0 Å². The minimum absolute atomic E-state index is 0.832. The van der Waals surface area contributed by atoms with Crippen molar-refractivity contribution in [1.29, 1.82) is 0 Å². The second kappa shape index (κ2) is 11.7. The lowest BCUT2D eigenvalue weighted by Crippen LogP contribution is -1.90. The normalized spacial score (nSPS) is 12.2. The predicted molar refractivity (Wildman–Crippen MR) is 243 cm³/mol. The van der Waals surface area contributed by atoms with E-state index in [1.165, 1.54) is 80.3 Å². The Morgan fingerprint density at radius 3 is 1.74 bits per heavy atom. The highest BCUT2D eigenvalue weighted by Gasteiger charge is 2.23. The quantitative estimate of drug-likeness (QED) is 0.169. The van der Waals surface area contributed by atoms with Gasteiger partial charge in [0.15, 0.2) is 0 Å². The fraction of sp³-hybridized carbons (Fsp3) is 0. The van der Waals surface area contributed by atoms with Crippen molar-refractivity contribution in [2.24, 2.45) is 0 Å². The lowest BCUT2D eigenvalue weighted by Gasteiger charge is -2.17. The number of rotatable bonds is 3. The molecule has 0 saturated heterocycles. The largest absolute Gasteiger partial charge is 0.455 e. The molecule has 0 aliphatic carbocycles. The van der Waals surface area contributed by atoms with E-state index in [1.54, 1.807) is 0 Å². The van der Waals surface area contributed by atoms with Gasteiger partial charge in [0, 0.05) is 47.5 Å². The highest BCUT2D eigenvalue weighted by Crippen LogP contribution is 2.50. The van der Waals surface area contributed by atoms with Gasteiger partial charge in [-0.15, -0.1) is 11.3 Å². The molecule has 3 heteroatoms. The number of hydrogen-bond donors (Lipinski definition) is 0. The smallest absolute Gasteiger partial charge is 0.147 e. The van der Waals surface area contributed by atoms with Crippen molar-refractivity contribution in [2.75, 3.05) is 0 Å². The molecule has 13 rings (SSSR count). The van der Waals surface area contributed by atoms with Crippen LogP contribution in [0, 0.1) is 0 Å². The van der Waals surface area contributed by atoms with Crippen molar-refractivity contribution < 1.29 is 8.83 Å². The van der Waals surface area contributed by atoms with Gasteiger partial charge in [-0.1, -0.05) is 146 Å². The third kappa shape index (κ3) is 4.35. The Balaban J connectivity index is 1.08. The lowest BCUT2D eigenvalue weighted by atomic mass is 9.86. The molecule has 0 aliphatic heterocycles. The lowest BCUT2D eigenvalue weighted by molar-refractivity contribution is 0.663. The average molecular weight is 743 g/mol. The summed E-state index contributed by atoms with van der Waals surface area (Å²) >= 11 is 1.86. The van der Waals surface area contributed by atoms with Gasteiger partial charge in [0.1, 0.15) is 22.3 Å². The van der Waals surface area contributed by atoms with Gasteiger partial charge in [0.05, 0.1) is 5.39 Å². The van der Waals surface area contributed by atoms with Gasteiger partial charge >= 0.3 is 0 Å². The average Bonchev–Trinajstić information content (AvgIpc) is 3.96. The molecule has 0 radical (unpaired) electrons. The van der Waals surface area contributed by atoms with Gasteiger partial charge in [-0.3, -0.25) is 0 Å². The van der Waals surface area contributed by atoms with Gasteiger partial charge < -0.3 is 8.83 Å². The maximum absolute atomic E-state index is 6.92. The summed E-state index contributed by atoms with van der Waals surface area (Å²) in [5, 5.41) is 14.2. The van der Waals surface area contributed by atoms with E-state index in [1.807, 2.05) is 23.5 Å². The fourth-order valence-electron chi connectivity index (χ4n) is 9.61. The zero-order valence-corrected chi connectivity index (χ0v) is 31.4. The minimum Gasteiger partial charge on any atom is -0.455 e. The van der Waals surface area contributed by atoms with Crippen LogP contribution in [-0.2, 0) is 0 Å². The standard InChI is InChI=1S/C54H30O2S/c1-2-13-31(14-3-1)48-36-18-6-8-20-38(36)49(39-21-9-7-19-37(39)48)33-25-28-47-43(30-33)41-22-12-23-42(54(41)57-47)50-34-16-5-4-15-32(34)29-44-51-46(56-53(44)50)27-26-40-35-17-10-11-24-45(35)55-52(40)51/h1-30H. The van der Waals surface area contributed by atoms with Crippen LogP contribution in [0.4, 0.5) is 0 Å². The molecule has 0 fully saturated rings. The van der Waals surface area contributed by atoms with E-state index >= 15 is 0 Å². The van der Waals surface area contributed by atoms with Crippen LogP contribution in [0.5, 0.6) is 0 Å². The van der Waals surface area contributed by atoms with Crippen LogP contribution in [0.2, 0.25) is 0 Å². The number of furan rings is 2. The monoisotopic (exact) mass is 742 g/mol. The fourth-order valence-corrected chi connectivity index (χ4v) is 10.8. The number of thiophene rings is 1. The van der Waals surface area contributed by atoms with Crippen LogP contribution in [0.15, 0.2) is 191 Å². The van der Waals surface area contributed by atoms with Crippen LogP contribution >= 0.6 is 11.3 Å². The molecule has 0 N–H and O–H groups in total. The third-order valence-electron chi connectivity index (χ3n) is 12.0. The van der Waals surface area contributed by atoms with Gasteiger partial charge in [-0.25, -0.2) is 0 Å². The molecule has 57 heavy (non-hydrogen) atoms. The van der Waals surface area contributed by atoms with Crippen LogP contribution in [0.1, 0.15) is 0 Å². The highest BCUT2D eigenvalue weighted by molar-refractivity contribution is 7.26. The highest BCUT2D eigenvalue weighted by atomic mass is 32.1. The van der Waals surface area contributed by atoms with E-state index < -0.39 is 0 Å². The molecule has 0 aliphatic rings. The number of fused-ring (bicyclic) bond motifs is 13. The second-order valence-electron chi connectivity index (χ2n) is 15.1. The van der Waals surface area contributed by atoms with Crippen LogP contribution in [0.25, 0.3) is 130 Å². The van der Waals surface area contributed by atoms with Crippen molar-refractivity contribution in [3.8, 4) is 33.4 Å². The van der Waals surface area contributed by atoms with Gasteiger partial charge in [-0.05, 0) is 91.0 Å². The van der Waals surface area contributed by atoms with E-state index in [9.17, 15) is 0 Å². The summed E-state index contributed by atoms with van der Waals surface area (Å²) in [6.45, 7) is 0. The van der Waals surface area contributed by atoms with Crippen LogP contribution in [0.3, 0.4) is 0 Å². The minimum atomic E-state index is 0.832. The first kappa shape index (κ1) is 31.1. The van der Waals surface area contributed by atoms with Gasteiger partial charge in [-0.2, -0.15) is 0 Å². The Kier molecular flexibility index (Phi) is 6.35. The summed E-state index contributed by atoms with van der Waals surface area (Å²) in [6, 6.07) is 65.9. The Labute approximate surface area is 330 Å². The number of para-hydroxylation sites is 1. The third-order valence-corrected chi connectivity index (χ3v) is 13.3. The van der Waals surface area contributed by atoms with Gasteiger partial charge in [0.25, 0.3) is 0 Å². The molecule has 3 aromatic heterocycles. The van der Waals surface area contributed by atoms with Crippen molar-refractivity contribution in [2.45, 2.75) is 0 Å². The zero-order chi connectivity index (χ0) is 37.2. The van der Waals surface area contributed by atoms with Crippen LogP contribution < -0.4 is 0 Å². The molecule has 0 saturated carbocycles. The summed E-state index contributed by atoms with van der Waals surface area (Å²) in [5.41, 5.74) is 10.8. The van der Waals surface area contributed by atoms with E-state index in [0.29, 0.717) is 0 Å². The summed E-state index contributed by atoms with van der Waals surface area (Å²) < 4.78 is 16.0. The van der Waals surface area contributed by atoms with E-state index in [2.05, 4.69) is 170 Å². The molecule has 13 aromatic rings. The Bertz CT molecular complexity index is 3750. The molecule has 0 unspecified atom stereocenters. The Morgan fingerprint density at radius 2 is 0.965 bits per heavy atom. The first-order chi connectivity index (χ1) is 28.3. The summed E-state index contributed by atoms with van der Waals surface area (Å²) in [6.07, 6.45) is 0. The molecule has 3 heterocycles. The Hall–Kier alpha value is -7.20. The molecule has 2 nitrogen and oxygen atoms in total. The van der Waals surface area contributed by atoms with Crippen molar-refractivity contribution in [3.05, 3.63) is 182 Å². The molecule has 264 valence electrons. The van der Waals surface area contributed by atoms with Crippen LogP contribution in [-0.4, -0.2) is 0 Å². The first-order valence-corrected chi connectivity index (χ1v) is 20.2.